The molecule has 0 fully saturated rings. The van der Waals surface area contributed by atoms with Crippen molar-refractivity contribution >= 4 is 11.8 Å². The van der Waals surface area contributed by atoms with Crippen LogP contribution in [0.3, 0.4) is 0 Å². The van der Waals surface area contributed by atoms with E-state index in [0.717, 1.165) is 18.1 Å². The maximum Gasteiger partial charge on any atom is 0.163 e. The lowest BCUT2D eigenvalue weighted by Crippen LogP contribution is -2.24. The van der Waals surface area contributed by atoms with Crippen molar-refractivity contribution in [3.63, 3.8) is 0 Å². The van der Waals surface area contributed by atoms with E-state index in [0.29, 0.717) is 17.0 Å². The summed E-state index contributed by atoms with van der Waals surface area (Å²) in [7, 11) is 0. The number of hydrogen-bond acceptors (Lipinski definition) is 2. The Kier molecular flexibility index (Phi) is 6.80. The predicted octanol–water partition coefficient (Wildman–Crippen LogP) is 4.31. The van der Waals surface area contributed by atoms with Crippen LogP contribution in [0, 0.1) is 24.5 Å². The zero-order chi connectivity index (χ0) is 14.4. The first-order valence-corrected chi connectivity index (χ1v) is 7.88. The van der Waals surface area contributed by atoms with Gasteiger partial charge in [-0.3, -0.25) is 0 Å². The van der Waals surface area contributed by atoms with Gasteiger partial charge in [0.2, 0.25) is 0 Å². The number of halogens is 2. The summed E-state index contributed by atoms with van der Waals surface area (Å²) in [6, 6.07) is 3.20. The van der Waals surface area contributed by atoms with Gasteiger partial charge in [-0.1, -0.05) is 32.9 Å². The molecule has 1 rings (SSSR count). The third-order valence-corrected chi connectivity index (χ3v) is 4.34. The number of rotatable bonds is 7. The Hall–Kier alpha value is -0.610. The van der Waals surface area contributed by atoms with Gasteiger partial charge in [-0.2, -0.15) is 11.8 Å². The van der Waals surface area contributed by atoms with Crippen molar-refractivity contribution in [2.75, 3.05) is 18.1 Å². The molecule has 1 unspecified atom stereocenters. The van der Waals surface area contributed by atoms with Gasteiger partial charge < -0.3 is 5.32 Å². The molecule has 1 aromatic carbocycles. The minimum absolute atomic E-state index is 0.135. The average molecular weight is 287 g/mol. The number of hydrogen-bond donors (Lipinski definition) is 1. The van der Waals surface area contributed by atoms with Crippen LogP contribution in [0.5, 0.6) is 0 Å². The summed E-state index contributed by atoms with van der Waals surface area (Å²) < 4.78 is 27.6. The van der Waals surface area contributed by atoms with Crippen LogP contribution in [0.1, 0.15) is 37.9 Å². The lowest BCUT2D eigenvalue weighted by atomic mass is 10.0. The third kappa shape index (κ3) is 4.77. The number of benzene rings is 1. The molecule has 0 saturated heterocycles. The van der Waals surface area contributed by atoms with E-state index in [1.54, 1.807) is 30.8 Å². The van der Waals surface area contributed by atoms with E-state index in [1.165, 1.54) is 0 Å². The van der Waals surface area contributed by atoms with Crippen LogP contribution in [0.2, 0.25) is 0 Å². The smallest absolute Gasteiger partial charge is 0.163 e. The van der Waals surface area contributed by atoms with Crippen molar-refractivity contribution < 1.29 is 8.78 Å². The van der Waals surface area contributed by atoms with E-state index >= 15 is 0 Å². The summed E-state index contributed by atoms with van der Waals surface area (Å²) in [4.78, 5) is 0. The van der Waals surface area contributed by atoms with E-state index in [4.69, 9.17) is 0 Å². The normalized spacial score (nSPS) is 13.0. The van der Waals surface area contributed by atoms with Crippen molar-refractivity contribution in [2.45, 2.75) is 33.7 Å². The van der Waals surface area contributed by atoms with E-state index < -0.39 is 11.6 Å². The first-order valence-electron chi connectivity index (χ1n) is 6.73. The molecule has 0 radical (unpaired) electrons. The molecule has 19 heavy (non-hydrogen) atoms. The molecule has 4 heteroatoms. The maximum atomic E-state index is 14.0. The highest BCUT2D eigenvalue weighted by Crippen LogP contribution is 2.25. The van der Waals surface area contributed by atoms with Crippen LogP contribution >= 0.6 is 11.8 Å². The lowest BCUT2D eigenvalue weighted by Gasteiger charge is -2.20. The lowest BCUT2D eigenvalue weighted by molar-refractivity contribution is 0.474. The monoisotopic (exact) mass is 287 g/mol. The highest BCUT2D eigenvalue weighted by atomic mass is 32.2. The largest absolute Gasteiger partial charge is 0.309 e. The molecule has 1 N–H and O–H groups in total. The molecule has 1 atom stereocenters. The second-order valence-corrected chi connectivity index (χ2v) is 6.22. The molecule has 0 aliphatic heterocycles. The highest BCUT2D eigenvalue weighted by molar-refractivity contribution is 7.99. The standard InChI is InChI=1S/C15H23F2NS/c1-5-18-13(9-19-8-10(2)3)12-7-6-11(4)14(16)15(12)17/h6-7,10,13,18H,5,8-9H2,1-4H3. The van der Waals surface area contributed by atoms with E-state index in [1.807, 2.05) is 6.92 Å². The van der Waals surface area contributed by atoms with E-state index in [-0.39, 0.29) is 6.04 Å². The first kappa shape index (κ1) is 16.4. The molecule has 0 saturated carbocycles. The third-order valence-electron chi connectivity index (χ3n) is 2.87. The Morgan fingerprint density at radius 1 is 1.16 bits per heavy atom. The zero-order valence-electron chi connectivity index (χ0n) is 12.1. The van der Waals surface area contributed by atoms with Gasteiger partial charge in [0, 0.05) is 17.4 Å². The minimum Gasteiger partial charge on any atom is -0.309 e. The fraction of sp³-hybridized carbons (Fsp3) is 0.600. The maximum absolute atomic E-state index is 14.0. The molecule has 0 spiro atoms. The SMILES string of the molecule is CCNC(CSCC(C)C)c1ccc(C)c(F)c1F. The van der Waals surface area contributed by atoms with Crippen LogP contribution in [-0.4, -0.2) is 18.1 Å². The molecule has 0 aliphatic rings. The van der Waals surface area contributed by atoms with Gasteiger partial charge in [0.05, 0.1) is 0 Å². The minimum atomic E-state index is -0.728. The zero-order valence-corrected chi connectivity index (χ0v) is 12.9. The fourth-order valence-corrected chi connectivity index (χ4v) is 3.00. The van der Waals surface area contributed by atoms with Crippen molar-refractivity contribution in [1.82, 2.24) is 5.32 Å². The summed E-state index contributed by atoms with van der Waals surface area (Å²) in [6.07, 6.45) is 0. The van der Waals surface area contributed by atoms with Gasteiger partial charge in [0.1, 0.15) is 0 Å². The number of nitrogens with one attached hydrogen (secondary N) is 1. The van der Waals surface area contributed by atoms with E-state index in [2.05, 4.69) is 19.2 Å². The van der Waals surface area contributed by atoms with Crippen molar-refractivity contribution in [1.29, 1.82) is 0 Å². The van der Waals surface area contributed by atoms with E-state index in [9.17, 15) is 8.78 Å². The molecule has 0 amide bonds. The predicted molar refractivity (Wildman–Crippen MR) is 79.7 cm³/mol. The molecule has 0 heterocycles. The Labute approximate surface area is 119 Å². The molecular weight excluding hydrogens is 264 g/mol. The topological polar surface area (TPSA) is 12.0 Å². The van der Waals surface area contributed by atoms with Crippen LogP contribution in [0.15, 0.2) is 12.1 Å². The molecule has 0 aromatic heterocycles. The van der Waals surface area contributed by atoms with Crippen molar-refractivity contribution in [3.05, 3.63) is 34.9 Å². The second kappa shape index (κ2) is 7.85. The fourth-order valence-electron chi connectivity index (χ4n) is 1.86. The van der Waals surface area contributed by atoms with Crippen LogP contribution in [-0.2, 0) is 0 Å². The summed E-state index contributed by atoms with van der Waals surface area (Å²) in [5.41, 5.74) is 0.785. The van der Waals surface area contributed by atoms with Crippen molar-refractivity contribution in [3.8, 4) is 0 Å². The Morgan fingerprint density at radius 2 is 1.84 bits per heavy atom. The molecular formula is C15H23F2NS. The Balaban J connectivity index is 2.83. The summed E-state index contributed by atoms with van der Waals surface area (Å²) in [6.45, 7) is 8.60. The Morgan fingerprint density at radius 3 is 2.42 bits per heavy atom. The van der Waals surface area contributed by atoms with Gasteiger partial charge in [0.25, 0.3) is 0 Å². The number of thioether (sulfide) groups is 1. The molecule has 108 valence electrons. The second-order valence-electron chi connectivity index (χ2n) is 5.14. The highest BCUT2D eigenvalue weighted by Gasteiger charge is 2.19. The quantitative estimate of drug-likeness (QED) is 0.802. The molecule has 0 bridgehead atoms. The summed E-state index contributed by atoms with van der Waals surface area (Å²) >= 11 is 1.77. The summed E-state index contributed by atoms with van der Waals surface area (Å²) in [5, 5.41) is 3.23. The van der Waals surface area contributed by atoms with Crippen LogP contribution in [0.25, 0.3) is 0 Å². The number of aryl methyl sites for hydroxylation is 1. The van der Waals surface area contributed by atoms with Gasteiger partial charge >= 0.3 is 0 Å². The molecule has 0 aliphatic carbocycles. The van der Waals surface area contributed by atoms with Crippen LogP contribution < -0.4 is 5.32 Å². The first-order chi connectivity index (χ1) is 8.97. The van der Waals surface area contributed by atoms with Crippen molar-refractivity contribution in [2.24, 2.45) is 5.92 Å². The van der Waals surface area contributed by atoms with Crippen LogP contribution in [0.4, 0.5) is 8.78 Å². The Bertz CT molecular complexity index is 407. The van der Waals surface area contributed by atoms with Gasteiger partial charge in [-0.05, 0) is 30.7 Å². The van der Waals surface area contributed by atoms with Gasteiger partial charge in [-0.15, -0.1) is 0 Å². The van der Waals surface area contributed by atoms with Gasteiger partial charge in [0.15, 0.2) is 11.6 Å². The molecule has 1 nitrogen and oxygen atoms in total. The van der Waals surface area contributed by atoms with Gasteiger partial charge in [-0.25, -0.2) is 8.78 Å². The molecule has 1 aromatic rings. The average Bonchev–Trinajstić information content (AvgIpc) is 2.35. The summed E-state index contributed by atoms with van der Waals surface area (Å²) in [5.74, 6) is 0.945.